The molecule has 0 aliphatic rings. The Balaban J connectivity index is 1.86. The molecule has 0 radical (unpaired) electrons. The fraction of sp³-hybridized carbons (Fsp3) is 0.385. The summed E-state index contributed by atoms with van der Waals surface area (Å²) in [4.78, 5) is 8.55. The van der Waals surface area contributed by atoms with E-state index in [1.54, 1.807) is 12.4 Å². The van der Waals surface area contributed by atoms with Crippen molar-refractivity contribution >= 4 is 21.5 Å². The summed E-state index contributed by atoms with van der Waals surface area (Å²) in [5.74, 6) is 0. The molecule has 2 N–H and O–H groups in total. The molecule has 0 atom stereocenters. The lowest BCUT2D eigenvalue weighted by Gasteiger charge is -2.06. The van der Waals surface area contributed by atoms with E-state index < -0.39 is 10.2 Å². The van der Waals surface area contributed by atoms with Crippen molar-refractivity contribution in [2.45, 2.75) is 19.8 Å². The number of pyridine rings is 1. The maximum Gasteiger partial charge on any atom is 0.276 e. The highest BCUT2D eigenvalue weighted by Crippen LogP contribution is 2.22. The smallest absolute Gasteiger partial charge is 0.264 e. The fourth-order valence-electron chi connectivity index (χ4n) is 1.64. The van der Waals surface area contributed by atoms with Crippen molar-refractivity contribution in [3.8, 4) is 10.6 Å². The molecule has 21 heavy (non-hydrogen) atoms. The lowest BCUT2D eigenvalue weighted by molar-refractivity contribution is 0.565. The molecule has 114 valence electrons. The van der Waals surface area contributed by atoms with Gasteiger partial charge in [-0.1, -0.05) is 6.92 Å². The molecular formula is C13H18N4O2S2. The van der Waals surface area contributed by atoms with Crippen LogP contribution in [0.1, 0.15) is 19.0 Å². The highest BCUT2D eigenvalue weighted by molar-refractivity contribution is 7.87. The van der Waals surface area contributed by atoms with Crippen molar-refractivity contribution in [1.29, 1.82) is 0 Å². The number of nitrogens with one attached hydrogen (secondary N) is 2. The van der Waals surface area contributed by atoms with Crippen LogP contribution in [0.25, 0.3) is 10.6 Å². The fourth-order valence-corrected chi connectivity index (χ4v) is 3.44. The third-order valence-corrected chi connectivity index (χ3v) is 4.78. The first-order valence-electron chi connectivity index (χ1n) is 6.70. The number of rotatable bonds is 8. The summed E-state index contributed by atoms with van der Waals surface area (Å²) in [6.07, 6.45) is 4.81. The molecule has 0 fully saturated rings. The monoisotopic (exact) mass is 326 g/mol. The van der Waals surface area contributed by atoms with Gasteiger partial charge >= 0.3 is 0 Å². The van der Waals surface area contributed by atoms with E-state index in [1.165, 1.54) is 11.3 Å². The van der Waals surface area contributed by atoms with Crippen molar-refractivity contribution in [1.82, 2.24) is 19.4 Å². The quantitative estimate of drug-likeness (QED) is 0.771. The highest BCUT2D eigenvalue weighted by atomic mass is 32.2. The van der Waals surface area contributed by atoms with Gasteiger partial charge in [-0.15, -0.1) is 11.3 Å². The van der Waals surface area contributed by atoms with Gasteiger partial charge in [0.15, 0.2) is 0 Å². The Bertz CT molecular complexity index is 656. The van der Waals surface area contributed by atoms with Crippen LogP contribution in [0.5, 0.6) is 0 Å². The second kappa shape index (κ2) is 7.60. The molecule has 0 aliphatic carbocycles. The first kappa shape index (κ1) is 16.0. The van der Waals surface area contributed by atoms with Crippen LogP contribution < -0.4 is 9.44 Å². The van der Waals surface area contributed by atoms with Gasteiger partial charge in [-0.25, -0.2) is 14.4 Å². The van der Waals surface area contributed by atoms with Gasteiger partial charge in [-0.2, -0.15) is 8.42 Å². The largest absolute Gasteiger partial charge is 0.276 e. The molecule has 0 spiro atoms. The average molecular weight is 326 g/mol. The zero-order chi connectivity index (χ0) is 15.1. The van der Waals surface area contributed by atoms with Crippen LogP contribution in [0, 0.1) is 0 Å². The molecule has 0 amide bonds. The van der Waals surface area contributed by atoms with Gasteiger partial charge in [0.1, 0.15) is 5.01 Å². The van der Waals surface area contributed by atoms with E-state index in [1.807, 2.05) is 24.4 Å². The first-order valence-corrected chi connectivity index (χ1v) is 9.06. The van der Waals surface area contributed by atoms with Gasteiger partial charge in [0.25, 0.3) is 10.2 Å². The summed E-state index contributed by atoms with van der Waals surface area (Å²) in [6.45, 7) is 2.68. The topological polar surface area (TPSA) is 84.0 Å². The lowest BCUT2D eigenvalue weighted by atomic mass is 10.3. The average Bonchev–Trinajstić information content (AvgIpc) is 2.95. The molecule has 2 rings (SSSR count). The molecule has 0 aromatic carbocycles. The van der Waals surface area contributed by atoms with Crippen LogP contribution in [-0.2, 0) is 16.6 Å². The minimum absolute atomic E-state index is 0.329. The van der Waals surface area contributed by atoms with E-state index in [0.717, 1.165) is 22.7 Å². The summed E-state index contributed by atoms with van der Waals surface area (Å²) in [5.41, 5.74) is 1.84. The first-order chi connectivity index (χ1) is 10.1. The normalized spacial score (nSPS) is 11.7. The number of hydrogen-bond acceptors (Lipinski definition) is 5. The minimum Gasteiger partial charge on any atom is -0.264 e. The number of thiazole rings is 1. The van der Waals surface area contributed by atoms with Crippen molar-refractivity contribution in [2.75, 3.05) is 13.1 Å². The van der Waals surface area contributed by atoms with Crippen LogP contribution in [0.2, 0.25) is 0 Å². The van der Waals surface area contributed by atoms with E-state index in [9.17, 15) is 8.42 Å². The molecule has 2 aromatic rings. The van der Waals surface area contributed by atoms with Gasteiger partial charge in [0.05, 0.1) is 5.69 Å². The highest BCUT2D eigenvalue weighted by Gasteiger charge is 2.09. The van der Waals surface area contributed by atoms with E-state index in [2.05, 4.69) is 19.4 Å². The van der Waals surface area contributed by atoms with E-state index in [4.69, 9.17) is 0 Å². The van der Waals surface area contributed by atoms with Gasteiger partial charge in [0.2, 0.25) is 0 Å². The van der Waals surface area contributed by atoms with Crippen LogP contribution in [0.3, 0.4) is 0 Å². The number of nitrogens with zero attached hydrogens (tertiary/aromatic N) is 2. The van der Waals surface area contributed by atoms with Crippen molar-refractivity contribution in [3.05, 3.63) is 35.6 Å². The Morgan fingerprint density at radius 1 is 1.29 bits per heavy atom. The molecule has 6 nitrogen and oxygen atoms in total. The molecular weight excluding hydrogens is 308 g/mol. The van der Waals surface area contributed by atoms with E-state index in [0.29, 0.717) is 19.5 Å². The second-order valence-electron chi connectivity index (χ2n) is 4.43. The van der Waals surface area contributed by atoms with Crippen LogP contribution in [-0.4, -0.2) is 31.5 Å². The van der Waals surface area contributed by atoms with Gasteiger partial charge in [-0.3, -0.25) is 4.98 Å². The zero-order valence-electron chi connectivity index (χ0n) is 11.7. The lowest BCUT2D eigenvalue weighted by Crippen LogP contribution is -2.37. The second-order valence-corrected chi connectivity index (χ2v) is 6.87. The molecule has 0 unspecified atom stereocenters. The Morgan fingerprint density at radius 2 is 2.10 bits per heavy atom. The van der Waals surface area contributed by atoms with Crippen LogP contribution in [0.15, 0.2) is 29.9 Å². The molecule has 8 heteroatoms. The maximum absolute atomic E-state index is 11.6. The van der Waals surface area contributed by atoms with Crippen LogP contribution in [0.4, 0.5) is 0 Å². The van der Waals surface area contributed by atoms with Crippen molar-refractivity contribution in [2.24, 2.45) is 0 Å². The van der Waals surface area contributed by atoms with Crippen LogP contribution >= 0.6 is 11.3 Å². The Kier molecular flexibility index (Phi) is 5.80. The van der Waals surface area contributed by atoms with E-state index in [-0.39, 0.29) is 0 Å². The molecule has 2 aromatic heterocycles. The summed E-state index contributed by atoms with van der Waals surface area (Å²) >= 11 is 1.53. The third-order valence-electron chi connectivity index (χ3n) is 2.68. The summed E-state index contributed by atoms with van der Waals surface area (Å²) in [5, 5.41) is 2.83. The summed E-state index contributed by atoms with van der Waals surface area (Å²) in [7, 11) is -3.39. The Labute approximate surface area is 128 Å². The SMILES string of the molecule is CCCNS(=O)(=O)NCCc1csc(-c2cccnc2)n1. The molecule has 0 bridgehead atoms. The summed E-state index contributed by atoms with van der Waals surface area (Å²) in [6, 6.07) is 3.82. The molecule has 0 saturated carbocycles. The molecule has 2 heterocycles. The minimum atomic E-state index is -3.39. The number of aromatic nitrogens is 2. The van der Waals surface area contributed by atoms with Gasteiger partial charge in [0, 0.05) is 42.8 Å². The Morgan fingerprint density at radius 3 is 2.81 bits per heavy atom. The predicted molar refractivity (Wildman–Crippen MR) is 84.3 cm³/mol. The van der Waals surface area contributed by atoms with E-state index >= 15 is 0 Å². The Hall–Kier alpha value is -1.35. The maximum atomic E-state index is 11.6. The van der Waals surface area contributed by atoms with Crippen molar-refractivity contribution in [3.63, 3.8) is 0 Å². The van der Waals surface area contributed by atoms with Crippen molar-refractivity contribution < 1.29 is 8.42 Å². The van der Waals surface area contributed by atoms with Gasteiger partial charge in [-0.05, 0) is 18.6 Å². The molecule has 0 aliphatic heterocycles. The third kappa shape index (κ3) is 5.16. The standard InChI is InChI=1S/C13H18N4O2S2/c1-2-6-15-21(18,19)16-8-5-12-10-20-13(17-12)11-4-3-7-14-9-11/h3-4,7,9-10,15-16H,2,5-6,8H2,1H3. The summed E-state index contributed by atoms with van der Waals surface area (Å²) < 4.78 is 28.1. The molecule has 0 saturated heterocycles. The predicted octanol–water partition coefficient (Wildman–Crippen LogP) is 1.58. The zero-order valence-corrected chi connectivity index (χ0v) is 13.4. The van der Waals surface area contributed by atoms with Gasteiger partial charge < -0.3 is 0 Å². The number of hydrogen-bond donors (Lipinski definition) is 2.